The van der Waals surface area contributed by atoms with E-state index < -0.39 is 5.91 Å². The molecule has 1 unspecified atom stereocenters. The summed E-state index contributed by atoms with van der Waals surface area (Å²) < 4.78 is 15.6. The first kappa shape index (κ1) is 18.9. The quantitative estimate of drug-likeness (QED) is 0.868. The number of nitrogens with two attached hydrogens (primary N) is 2. The lowest BCUT2D eigenvalue weighted by molar-refractivity contribution is 0.0988. The van der Waals surface area contributed by atoms with Crippen LogP contribution in [0, 0.1) is 18.2 Å². The van der Waals surface area contributed by atoms with Gasteiger partial charge in [0.1, 0.15) is 11.5 Å². The van der Waals surface area contributed by atoms with Crippen LogP contribution in [-0.2, 0) is 6.54 Å². The van der Waals surface area contributed by atoms with Crippen LogP contribution in [0.15, 0.2) is 30.6 Å². The second kappa shape index (κ2) is 6.40. The Morgan fingerprint density at radius 2 is 2.00 bits per heavy atom. The molecule has 2 aromatic rings. The minimum Gasteiger partial charge on any atom is -0.386 e. The fourth-order valence-corrected chi connectivity index (χ4v) is 3.52. The average Bonchev–Trinajstić information content (AvgIpc) is 2.94. The van der Waals surface area contributed by atoms with Gasteiger partial charge in [-0.25, -0.2) is 4.39 Å². The third kappa shape index (κ3) is 3.29. The van der Waals surface area contributed by atoms with E-state index in [4.69, 9.17) is 16.6 Å². The van der Waals surface area contributed by atoms with Crippen LogP contribution in [0.1, 0.15) is 48.4 Å². The summed E-state index contributed by atoms with van der Waals surface area (Å²) in [6.45, 7) is 12.9. The van der Waals surface area contributed by atoms with E-state index in [0.29, 0.717) is 47.0 Å². The van der Waals surface area contributed by atoms with Crippen LogP contribution in [0.25, 0.3) is 11.3 Å². The molecular formula is C20H26FN5O. The maximum atomic E-state index is 13.7. The van der Waals surface area contributed by atoms with Gasteiger partial charge in [0.15, 0.2) is 0 Å². The number of aryl methyl sites for hydroxylation is 1. The molecule has 0 aliphatic carbocycles. The van der Waals surface area contributed by atoms with E-state index in [1.807, 2.05) is 9.58 Å². The highest BCUT2D eigenvalue weighted by Crippen LogP contribution is 2.39. The van der Waals surface area contributed by atoms with Crippen LogP contribution < -0.4 is 11.5 Å². The number of hydrogen-bond acceptors (Lipinski definition) is 4. The summed E-state index contributed by atoms with van der Waals surface area (Å²) >= 11 is 0. The SMILES string of the molecule is C=C(N)N1Cc2c(C(N)=O)c(-c3ccc(F)c(C)c3)nn2C(C(C)(C)C)C1. The molecule has 2 heterocycles. The molecule has 0 saturated carbocycles. The molecule has 1 aromatic heterocycles. The maximum Gasteiger partial charge on any atom is 0.252 e. The van der Waals surface area contributed by atoms with Crippen LogP contribution in [0.2, 0.25) is 0 Å². The van der Waals surface area contributed by atoms with Crippen molar-refractivity contribution in [3.05, 3.63) is 53.2 Å². The predicted octanol–water partition coefficient (Wildman–Crippen LogP) is 2.93. The zero-order valence-corrected chi connectivity index (χ0v) is 16.2. The maximum absolute atomic E-state index is 13.7. The van der Waals surface area contributed by atoms with Crippen LogP contribution in [0.5, 0.6) is 0 Å². The Morgan fingerprint density at radius 1 is 1.33 bits per heavy atom. The van der Waals surface area contributed by atoms with Gasteiger partial charge in [-0.3, -0.25) is 9.48 Å². The second-order valence-electron chi connectivity index (χ2n) is 8.20. The Morgan fingerprint density at radius 3 is 2.52 bits per heavy atom. The van der Waals surface area contributed by atoms with E-state index >= 15 is 0 Å². The number of fused-ring (bicyclic) bond motifs is 1. The topological polar surface area (TPSA) is 90.2 Å². The highest BCUT2D eigenvalue weighted by molar-refractivity contribution is 6.00. The third-order valence-electron chi connectivity index (χ3n) is 5.12. The molecule has 0 saturated heterocycles. The van der Waals surface area contributed by atoms with Gasteiger partial charge in [-0.1, -0.05) is 27.4 Å². The number of halogens is 1. The summed E-state index contributed by atoms with van der Waals surface area (Å²) in [5, 5.41) is 4.75. The normalized spacial score (nSPS) is 16.9. The summed E-state index contributed by atoms with van der Waals surface area (Å²) in [4.78, 5) is 14.3. The summed E-state index contributed by atoms with van der Waals surface area (Å²) in [6, 6.07) is 4.65. The highest BCUT2D eigenvalue weighted by Gasteiger charge is 2.38. The molecule has 27 heavy (non-hydrogen) atoms. The van der Waals surface area contributed by atoms with E-state index in [1.54, 1.807) is 19.1 Å². The summed E-state index contributed by atoms with van der Waals surface area (Å²) in [6.07, 6.45) is 0. The van der Waals surface area contributed by atoms with E-state index in [-0.39, 0.29) is 17.3 Å². The Kier molecular flexibility index (Phi) is 4.49. The summed E-state index contributed by atoms with van der Waals surface area (Å²) in [5.74, 6) is -0.432. The van der Waals surface area contributed by atoms with Gasteiger partial charge in [0.25, 0.3) is 5.91 Å². The molecule has 6 nitrogen and oxygen atoms in total. The van der Waals surface area contributed by atoms with Crippen LogP contribution >= 0.6 is 0 Å². The minimum atomic E-state index is -0.564. The molecule has 1 atom stereocenters. The van der Waals surface area contributed by atoms with Crippen molar-refractivity contribution in [3.8, 4) is 11.3 Å². The first-order valence-corrected chi connectivity index (χ1v) is 8.87. The standard InChI is InChI=1S/C20H26FN5O/c1-11-8-13(6-7-14(11)21)18-17(19(23)27)15-9-25(12(2)22)10-16(20(3,4)5)26(15)24-18/h6-8,16H,2,9-10,22H2,1,3-5H3,(H2,23,27). The number of aromatic nitrogens is 2. The lowest BCUT2D eigenvalue weighted by Gasteiger charge is -2.41. The Hall–Kier alpha value is -2.83. The van der Waals surface area contributed by atoms with Crippen molar-refractivity contribution in [2.24, 2.45) is 16.9 Å². The number of amides is 1. The largest absolute Gasteiger partial charge is 0.386 e. The van der Waals surface area contributed by atoms with Crippen molar-refractivity contribution in [2.75, 3.05) is 6.54 Å². The molecule has 1 aliphatic rings. The molecule has 0 fully saturated rings. The Labute approximate surface area is 158 Å². The van der Waals surface area contributed by atoms with Crippen molar-refractivity contribution < 1.29 is 9.18 Å². The fourth-order valence-electron chi connectivity index (χ4n) is 3.52. The van der Waals surface area contributed by atoms with Crippen LogP contribution in [-0.4, -0.2) is 27.1 Å². The molecule has 7 heteroatoms. The van der Waals surface area contributed by atoms with Gasteiger partial charge in [-0.2, -0.15) is 5.10 Å². The van der Waals surface area contributed by atoms with Crippen molar-refractivity contribution in [2.45, 2.75) is 40.3 Å². The minimum absolute atomic E-state index is 0.0325. The zero-order chi connectivity index (χ0) is 20.1. The van der Waals surface area contributed by atoms with E-state index in [1.165, 1.54) is 6.07 Å². The molecule has 0 radical (unpaired) electrons. The molecule has 3 rings (SSSR count). The number of rotatable bonds is 3. The van der Waals surface area contributed by atoms with Crippen LogP contribution in [0.4, 0.5) is 4.39 Å². The number of hydrogen-bond donors (Lipinski definition) is 2. The van der Waals surface area contributed by atoms with Crippen molar-refractivity contribution in [3.63, 3.8) is 0 Å². The lowest BCUT2D eigenvalue weighted by atomic mass is 9.85. The van der Waals surface area contributed by atoms with Gasteiger partial charge in [-0.15, -0.1) is 0 Å². The predicted molar refractivity (Wildman–Crippen MR) is 103 cm³/mol. The zero-order valence-electron chi connectivity index (χ0n) is 16.2. The van der Waals surface area contributed by atoms with Gasteiger partial charge < -0.3 is 16.4 Å². The first-order chi connectivity index (χ1) is 12.5. The summed E-state index contributed by atoms with van der Waals surface area (Å²) in [5.41, 5.74) is 14.2. The van der Waals surface area contributed by atoms with Crippen molar-refractivity contribution >= 4 is 5.91 Å². The van der Waals surface area contributed by atoms with Crippen molar-refractivity contribution in [1.82, 2.24) is 14.7 Å². The summed E-state index contributed by atoms with van der Waals surface area (Å²) in [7, 11) is 0. The molecule has 1 aliphatic heterocycles. The van der Waals surface area contributed by atoms with Gasteiger partial charge in [0.2, 0.25) is 0 Å². The molecular weight excluding hydrogens is 345 g/mol. The number of primary amides is 1. The second-order valence-corrected chi connectivity index (χ2v) is 8.20. The smallest absolute Gasteiger partial charge is 0.252 e. The van der Waals surface area contributed by atoms with Gasteiger partial charge in [0, 0.05) is 12.1 Å². The van der Waals surface area contributed by atoms with Crippen LogP contribution in [0.3, 0.4) is 0 Å². The number of nitrogens with zero attached hydrogens (tertiary/aromatic N) is 3. The van der Waals surface area contributed by atoms with E-state index in [9.17, 15) is 9.18 Å². The lowest BCUT2D eigenvalue weighted by Crippen LogP contribution is -2.44. The Bertz CT molecular complexity index is 925. The molecule has 0 bridgehead atoms. The molecule has 1 aromatic carbocycles. The first-order valence-electron chi connectivity index (χ1n) is 8.87. The number of carbonyl (C=O) groups excluding carboxylic acids is 1. The monoisotopic (exact) mass is 371 g/mol. The number of carbonyl (C=O) groups is 1. The van der Waals surface area contributed by atoms with Gasteiger partial charge in [0.05, 0.1) is 29.7 Å². The third-order valence-corrected chi connectivity index (χ3v) is 5.12. The fraction of sp³-hybridized carbons (Fsp3) is 0.400. The molecule has 0 spiro atoms. The van der Waals surface area contributed by atoms with Crippen molar-refractivity contribution in [1.29, 1.82) is 0 Å². The molecule has 1 amide bonds. The van der Waals surface area contributed by atoms with Gasteiger partial charge >= 0.3 is 0 Å². The van der Waals surface area contributed by atoms with Gasteiger partial charge in [-0.05, 0) is 36.1 Å². The molecule has 4 N–H and O–H groups in total. The molecule has 144 valence electrons. The number of benzene rings is 1. The Balaban J connectivity index is 2.25. The van der Waals surface area contributed by atoms with E-state index in [2.05, 4.69) is 27.4 Å². The van der Waals surface area contributed by atoms with E-state index in [0.717, 1.165) is 0 Å². The highest BCUT2D eigenvalue weighted by atomic mass is 19.1. The average molecular weight is 371 g/mol.